The third-order valence-electron chi connectivity index (χ3n) is 4.66. The summed E-state index contributed by atoms with van der Waals surface area (Å²) in [6.07, 6.45) is 2.23. The SMILES string of the molecule is CCC[C@H](c1ccc(N(CC)CC)cc1O)N1CCNCC1. The molecule has 1 aliphatic heterocycles. The van der Waals surface area contributed by atoms with Gasteiger partial charge in [-0.05, 0) is 26.3 Å². The van der Waals surface area contributed by atoms with Crippen molar-refractivity contribution in [1.82, 2.24) is 10.2 Å². The first-order valence-corrected chi connectivity index (χ1v) is 8.73. The minimum absolute atomic E-state index is 0.331. The Hall–Kier alpha value is -1.26. The summed E-state index contributed by atoms with van der Waals surface area (Å²) < 4.78 is 0. The van der Waals surface area contributed by atoms with Crippen molar-refractivity contribution in [3.8, 4) is 5.75 Å². The van der Waals surface area contributed by atoms with E-state index < -0.39 is 0 Å². The molecular formula is C18H31N3O. The molecule has 4 nitrogen and oxygen atoms in total. The van der Waals surface area contributed by atoms with Crippen molar-refractivity contribution in [2.75, 3.05) is 44.2 Å². The molecule has 2 N–H and O–H groups in total. The molecule has 0 bridgehead atoms. The predicted octanol–water partition coefficient (Wildman–Crippen LogP) is 2.98. The summed E-state index contributed by atoms with van der Waals surface area (Å²) >= 11 is 0. The van der Waals surface area contributed by atoms with Crippen LogP contribution in [-0.2, 0) is 0 Å². The van der Waals surface area contributed by atoms with Crippen LogP contribution in [0.1, 0.15) is 45.2 Å². The van der Waals surface area contributed by atoms with Gasteiger partial charge in [0.15, 0.2) is 0 Å². The molecule has 2 rings (SSSR count). The van der Waals surface area contributed by atoms with Crippen molar-refractivity contribution in [3.05, 3.63) is 23.8 Å². The maximum absolute atomic E-state index is 10.6. The topological polar surface area (TPSA) is 38.7 Å². The summed E-state index contributed by atoms with van der Waals surface area (Å²) in [5, 5.41) is 14.0. The minimum Gasteiger partial charge on any atom is -0.508 e. The molecule has 0 spiro atoms. The van der Waals surface area contributed by atoms with Gasteiger partial charge in [-0.3, -0.25) is 4.90 Å². The number of aromatic hydroxyl groups is 1. The van der Waals surface area contributed by atoms with Crippen LogP contribution in [0.2, 0.25) is 0 Å². The minimum atomic E-state index is 0.331. The standard InChI is InChI=1S/C18H31N3O/c1-4-7-17(21-12-10-19-11-13-21)16-9-8-15(14-18(16)22)20(5-2)6-3/h8-9,14,17,19,22H,4-7,10-13H2,1-3H3/t17-/m1/s1. The normalized spacial score (nSPS) is 17.4. The Morgan fingerprint density at radius 2 is 1.86 bits per heavy atom. The average molecular weight is 305 g/mol. The quantitative estimate of drug-likeness (QED) is 0.812. The number of nitrogens with one attached hydrogen (secondary N) is 1. The van der Waals surface area contributed by atoms with E-state index in [1.54, 1.807) is 0 Å². The number of hydrogen-bond donors (Lipinski definition) is 2. The van der Waals surface area contributed by atoms with Crippen molar-refractivity contribution in [1.29, 1.82) is 0 Å². The van der Waals surface area contributed by atoms with Crippen molar-refractivity contribution in [2.45, 2.75) is 39.7 Å². The van der Waals surface area contributed by atoms with Crippen LogP contribution in [0.3, 0.4) is 0 Å². The van der Waals surface area contributed by atoms with Gasteiger partial charge in [-0.15, -0.1) is 0 Å². The van der Waals surface area contributed by atoms with E-state index >= 15 is 0 Å². The fourth-order valence-corrected chi connectivity index (χ4v) is 3.40. The van der Waals surface area contributed by atoms with Crippen molar-refractivity contribution in [3.63, 3.8) is 0 Å². The van der Waals surface area contributed by atoms with E-state index in [0.29, 0.717) is 11.8 Å². The molecule has 1 heterocycles. The molecule has 0 unspecified atom stereocenters. The first-order chi connectivity index (χ1) is 10.7. The van der Waals surface area contributed by atoms with Crippen LogP contribution in [-0.4, -0.2) is 49.3 Å². The fourth-order valence-electron chi connectivity index (χ4n) is 3.40. The second kappa shape index (κ2) is 8.39. The summed E-state index contributed by atoms with van der Waals surface area (Å²) in [6, 6.07) is 6.56. The molecule has 1 fully saturated rings. The van der Waals surface area contributed by atoms with E-state index in [4.69, 9.17) is 0 Å². The van der Waals surface area contributed by atoms with E-state index in [1.165, 1.54) is 0 Å². The second-order valence-corrected chi connectivity index (χ2v) is 6.01. The zero-order valence-corrected chi connectivity index (χ0v) is 14.3. The third kappa shape index (κ3) is 3.93. The number of hydrogen-bond acceptors (Lipinski definition) is 4. The highest BCUT2D eigenvalue weighted by Crippen LogP contribution is 2.35. The number of piperazine rings is 1. The van der Waals surface area contributed by atoms with Gasteiger partial charge in [-0.25, -0.2) is 0 Å². The fraction of sp³-hybridized carbons (Fsp3) is 0.667. The van der Waals surface area contributed by atoms with E-state index in [1.807, 2.05) is 6.07 Å². The van der Waals surface area contributed by atoms with Crippen LogP contribution >= 0.6 is 0 Å². The molecule has 0 aliphatic carbocycles. The Morgan fingerprint density at radius 1 is 1.18 bits per heavy atom. The summed E-state index contributed by atoms with van der Waals surface area (Å²) in [4.78, 5) is 4.77. The number of benzene rings is 1. The van der Waals surface area contributed by atoms with Crippen molar-refractivity contribution >= 4 is 5.69 Å². The first-order valence-electron chi connectivity index (χ1n) is 8.73. The van der Waals surface area contributed by atoms with E-state index in [0.717, 1.165) is 63.4 Å². The lowest BCUT2D eigenvalue weighted by Gasteiger charge is -2.35. The number of anilines is 1. The molecule has 0 saturated carbocycles. The molecule has 0 aromatic heterocycles. The van der Waals surface area contributed by atoms with Gasteiger partial charge in [-0.1, -0.05) is 19.4 Å². The lowest BCUT2D eigenvalue weighted by Crippen LogP contribution is -2.45. The molecule has 22 heavy (non-hydrogen) atoms. The highest BCUT2D eigenvalue weighted by molar-refractivity contribution is 5.54. The van der Waals surface area contributed by atoms with Gasteiger partial charge in [0.05, 0.1) is 0 Å². The average Bonchev–Trinajstić information content (AvgIpc) is 2.55. The van der Waals surface area contributed by atoms with Gasteiger partial charge in [0.25, 0.3) is 0 Å². The lowest BCUT2D eigenvalue weighted by atomic mass is 9.98. The largest absolute Gasteiger partial charge is 0.508 e. The zero-order chi connectivity index (χ0) is 15.9. The van der Waals surface area contributed by atoms with Gasteiger partial charge in [0.1, 0.15) is 5.75 Å². The second-order valence-electron chi connectivity index (χ2n) is 6.01. The summed E-state index contributed by atoms with van der Waals surface area (Å²) in [7, 11) is 0. The molecule has 1 atom stereocenters. The number of rotatable bonds is 7. The number of nitrogens with zero attached hydrogens (tertiary/aromatic N) is 2. The zero-order valence-electron chi connectivity index (χ0n) is 14.3. The predicted molar refractivity (Wildman–Crippen MR) is 93.8 cm³/mol. The molecule has 124 valence electrons. The van der Waals surface area contributed by atoms with Crippen LogP contribution in [0, 0.1) is 0 Å². The Labute approximate surface area is 135 Å². The van der Waals surface area contributed by atoms with Crippen LogP contribution in [0.25, 0.3) is 0 Å². The van der Waals surface area contributed by atoms with Crippen LogP contribution in [0.4, 0.5) is 5.69 Å². The Balaban J connectivity index is 2.23. The summed E-state index contributed by atoms with van der Waals surface area (Å²) in [5.74, 6) is 0.446. The van der Waals surface area contributed by atoms with Gasteiger partial charge in [0.2, 0.25) is 0 Å². The molecule has 0 radical (unpaired) electrons. The lowest BCUT2D eigenvalue weighted by molar-refractivity contribution is 0.162. The van der Waals surface area contributed by atoms with Gasteiger partial charge in [0, 0.05) is 62.6 Å². The molecular weight excluding hydrogens is 274 g/mol. The molecule has 1 aromatic rings. The van der Waals surface area contributed by atoms with Crippen LogP contribution < -0.4 is 10.2 Å². The first kappa shape index (κ1) is 17.1. The number of phenolic OH excluding ortho intramolecular Hbond substituents is 1. The van der Waals surface area contributed by atoms with Gasteiger partial charge in [-0.2, -0.15) is 0 Å². The molecule has 1 saturated heterocycles. The third-order valence-corrected chi connectivity index (χ3v) is 4.66. The van der Waals surface area contributed by atoms with Gasteiger partial charge < -0.3 is 15.3 Å². The van der Waals surface area contributed by atoms with Crippen molar-refractivity contribution < 1.29 is 5.11 Å². The summed E-state index contributed by atoms with van der Waals surface area (Å²) in [6.45, 7) is 12.6. The molecule has 4 heteroatoms. The Kier molecular flexibility index (Phi) is 6.52. The monoisotopic (exact) mass is 305 g/mol. The summed E-state index contributed by atoms with van der Waals surface area (Å²) in [5.41, 5.74) is 2.20. The van der Waals surface area contributed by atoms with Gasteiger partial charge >= 0.3 is 0 Å². The maximum Gasteiger partial charge on any atom is 0.122 e. The van der Waals surface area contributed by atoms with E-state index in [-0.39, 0.29) is 0 Å². The molecule has 1 aliphatic rings. The number of phenols is 1. The Bertz CT molecular complexity index is 454. The highest BCUT2D eigenvalue weighted by Gasteiger charge is 2.24. The molecule has 0 amide bonds. The molecule has 1 aromatic carbocycles. The van der Waals surface area contributed by atoms with Crippen LogP contribution in [0.15, 0.2) is 18.2 Å². The van der Waals surface area contributed by atoms with E-state index in [2.05, 4.69) is 48.0 Å². The van der Waals surface area contributed by atoms with Crippen molar-refractivity contribution in [2.24, 2.45) is 0 Å². The smallest absolute Gasteiger partial charge is 0.122 e. The van der Waals surface area contributed by atoms with E-state index in [9.17, 15) is 5.11 Å². The maximum atomic E-state index is 10.6. The Morgan fingerprint density at radius 3 is 2.41 bits per heavy atom. The van der Waals surface area contributed by atoms with Crippen LogP contribution in [0.5, 0.6) is 5.75 Å². The highest BCUT2D eigenvalue weighted by atomic mass is 16.3.